The summed E-state index contributed by atoms with van der Waals surface area (Å²) in [6.45, 7) is 2.32. The fourth-order valence-electron chi connectivity index (χ4n) is 2.21. The topological polar surface area (TPSA) is 76.5 Å². The van der Waals surface area contributed by atoms with Crippen molar-refractivity contribution in [3.63, 3.8) is 0 Å². The summed E-state index contributed by atoms with van der Waals surface area (Å²) in [7, 11) is 0. The number of hydrogen-bond donors (Lipinski definition) is 1. The van der Waals surface area contributed by atoms with Crippen molar-refractivity contribution in [2.45, 2.75) is 19.9 Å². The lowest BCUT2D eigenvalue weighted by Gasteiger charge is -2.02. The lowest BCUT2D eigenvalue weighted by Crippen LogP contribution is -2.13. The number of aryl methyl sites for hydroxylation is 3. The molecule has 0 aliphatic carbocycles. The zero-order valence-corrected chi connectivity index (χ0v) is 13.8. The van der Waals surface area contributed by atoms with Gasteiger partial charge in [0, 0.05) is 30.3 Å². The molecule has 6 nitrogen and oxygen atoms in total. The van der Waals surface area contributed by atoms with Crippen molar-refractivity contribution in [2.75, 3.05) is 0 Å². The summed E-state index contributed by atoms with van der Waals surface area (Å²) >= 11 is 12.2. The molecular weight excluding hydrogens is 337 g/mol. The van der Waals surface area contributed by atoms with Gasteiger partial charge in [-0.2, -0.15) is 0 Å². The lowest BCUT2D eigenvalue weighted by molar-refractivity contribution is 0.575. The SMILES string of the molecule is Cc1cc(=O)[nH]c(CCn2cc(-c3cccc(Cl)c3Cl)nn2)n1. The maximum absolute atomic E-state index is 11.4. The molecule has 0 atom stereocenters. The standard InChI is InChI=1S/C15H13Cl2N5O/c1-9-7-14(23)19-13(18-9)5-6-22-8-12(20-21-22)10-3-2-4-11(16)15(10)17/h2-4,7-8H,5-6H2,1H3,(H,18,19,23). The van der Waals surface area contributed by atoms with E-state index in [2.05, 4.69) is 20.3 Å². The summed E-state index contributed by atoms with van der Waals surface area (Å²) in [5.74, 6) is 0.618. The molecule has 0 fully saturated rings. The summed E-state index contributed by atoms with van der Waals surface area (Å²) in [6, 6.07) is 6.82. The molecule has 0 radical (unpaired) electrons. The van der Waals surface area contributed by atoms with Gasteiger partial charge < -0.3 is 4.98 Å². The van der Waals surface area contributed by atoms with E-state index in [1.54, 1.807) is 23.9 Å². The summed E-state index contributed by atoms with van der Waals surface area (Å²) in [4.78, 5) is 18.4. The van der Waals surface area contributed by atoms with Gasteiger partial charge in [0.15, 0.2) is 0 Å². The highest BCUT2D eigenvalue weighted by Crippen LogP contribution is 2.31. The van der Waals surface area contributed by atoms with Crippen LogP contribution in [0.1, 0.15) is 11.5 Å². The number of nitrogens with zero attached hydrogens (tertiary/aromatic N) is 4. The molecule has 0 aliphatic heterocycles. The van der Waals surface area contributed by atoms with E-state index in [-0.39, 0.29) is 5.56 Å². The Morgan fingerprint density at radius 1 is 1.30 bits per heavy atom. The first-order chi connectivity index (χ1) is 11.0. The number of aromatic nitrogens is 5. The maximum atomic E-state index is 11.4. The molecule has 2 aromatic heterocycles. The molecule has 0 aliphatic rings. The molecule has 1 aromatic carbocycles. The van der Waals surface area contributed by atoms with E-state index in [1.165, 1.54) is 6.07 Å². The van der Waals surface area contributed by atoms with E-state index in [1.807, 2.05) is 12.1 Å². The van der Waals surface area contributed by atoms with Crippen molar-refractivity contribution >= 4 is 23.2 Å². The fraction of sp³-hybridized carbons (Fsp3) is 0.200. The highest BCUT2D eigenvalue weighted by Gasteiger charge is 2.10. The Morgan fingerprint density at radius 2 is 2.13 bits per heavy atom. The van der Waals surface area contributed by atoms with Crippen LogP contribution in [0.3, 0.4) is 0 Å². The number of aromatic amines is 1. The van der Waals surface area contributed by atoms with Crippen LogP contribution in [-0.4, -0.2) is 25.0 Å². The van der Waals surface area contributed by atoms with E-state index in [4.69, 9.17) is 23.2 Å². The molecule has 0 spiro atoms. The Balaban J connectivity index is 1.77. The van der Waals surface area contributed by atoms with E-state index < -0.39 is 0 Å². The predicted octanol–water partition coefficient (Wildman–Crippen LogP) is 2.89. The molecule has 0 unspecified atom stereocenters. The average molecular weight is 350 g/mol. The van der Waals surface area contributed by atoms with Gasteiger partial charge in [0.05, 0.1) is 16.2 Å². The number of benzene rings is 1. The van der Waals surface area contributed by atoms with Crippen LogP contribution in [-0.2, 0) is 13.0 Å². The third-order valence-corrected chi connectivity index (χ3v) is 4.08. The van der Waals surface area contributed by atoms with Crippen LogP contribution in [0.25, 0.3) is 11.3 Å². The molecular formula is C15H13Cl2N5O. The zero-order valence-electron chi connectivity index (χ0n) is 12.3. The minimum Gasteiger partial charge on any atom is -0.310 e. The number of hydrogen-bond acceptors (Lipinski definition) is 4. The minimum absolute atomic E-state index is 0.155. The van der Waals surface area contributed by atoms with Crippen LogP contribution >= 0.6 is 23.2 Å². The highest BCUT2D eigenvalue weighted by atomic mass is 35.5. The van der Waals surface area contributed by atoms with Gasteiger partial charge in [0.25, 0.3) is 5.56 Å². The monoisotopic (exact) mass is 349 g/mol. The second-order valence-electron chi connectivity index (χ2n) is 5.05. The molecule has 3 aromatic rings. The molecule has 3 rings (SSSR count). The van der Waals surface area contributed by atoms with Crippen molar-refractivity contribution in [3.05, 3.63) is 62.4 Å². The van der Waals surface area contributed by atoms with Gasteiger partial charge in [-0.1, -0.05) is 40.5 Å². The van der Waals surface area contributed by atoms with Crippen molar-refractivity contribution in [1.29, 1.82) is 0 Å². The van der Waals surface area contributed by atoms with Gasteiger partial charge in [0.1, 0.15) is 11.5 Å². The van der Waals surface area contributed by atoms with E-state index >= 15 is 0 Å². The lowest BCUT2D eigenvalue weighted by atomic mass is 10.2. The summed E-state index contributed by atoms with van der Waals surface area (Å²) < 4.78 is 1.68. The van der Waals surface area contributed by atoms with Crippen LogP contribution in [0.4, 0.5) is 0 Å². The van der Waals surface area contributed by atoms with Crippen molar-refractivity contribution < 1.29 is 0 Å². The predicted molar refractivity (Wildman–Crippen MR) is 88.8 cm³/mol. The summed E-state index contributed by atoms with van der Waals surface area (Å²) in [6.07, 6.45) is 2.33. The van der Waals surface area contributed by atoms with Crippen LogP contribution in [0, 0.1) is 6.92 Å². The molecule has 1 N–H and O–H groups in total. The molecule has 0 saturated carbocycles. The first-order valence-electron chi connectivity index (χ1n) is 6.94. The second-order valence-corrected chi connectivity index (χ2v) is 5.84. The Bertz CT molecular complexity index is 903. The molecule has 0 bridgehead atoms. The number of halogens is 2. The summed E-state index contributed by atoms with van der Waals surface area (Å²) in [5.41, 5.74) is 1.90. The smallest absolute Gasteiger partial charge is 0.251 e. The van der Waals surface area contributed by atoms with Gasteiger partial charge in [0.2, 0.25) is 0 Å². The van der Waals surface area contributed by atoms with Crippen LogP contribution in [0.15, 0.2) is 35.3 Å². The quantitative estimate of drug-likeness (QED) is 0.785. The van der Waals surface area contributed by atoms with Crippen LogP contribution in [0.2, 0.25) is 10.0 Å². The van der Waals surface area contributed by atoms with Crippen LogP contribution in [0.5, 0.6) is 0 Å². The fourth-order valence-corrected chi connectivity index (χ4v) is 2.61. The third kappa shape index (κ3) is 3.60. The van der Waals surface area contributed by atoms with Crippen molar-refractivity contribution in [1.82, 2.24) is 25.0 Å². The van der Waals surface area contributed by atoms with Gasteiger partial charge >= 0.3 is 0 Å². The Morgan fingerprint density at radius 3 is 2.91 bits per heavy atom. The van der Waals surface area contributed by atoms with Crippen molar-refractivity contribution in [2.24, 2.45) is 0 Å². The first-order valence-corrected chi connectivity index (χ1v) is 7.70. The van der Waals surface area contributed by atoms with E-state index in [9.17, 15) is 4.79 Å². The van der Waals surface area contributed by atoms with E-state index in [0.29, 0.717) is 40.2 Å². The zero-order chi connectivity index (χ0) is 16.4. The Hall–Kier alpha value is -2.18. The van der Waals surface area contributed by atoms with Gasteiger partial charge in [-0.25, -0.2) is 4.98 Å². The molecule has 8 heteroatoms. The maximum Gasteiger partial charge on any atom is 0.251 e. The first kappa shape index (κ1) is 15.7. The van der Waals surface area contributed by atoms with Crippen molar-refractivity contribution in [3.8, 4) is 11.3 Å². The molecule has 118 valence electrons. The Labute approximate surface area is 142 Å². The second kappa shape index (κ2) is 6.52. The Kier molecular flexibility index (Phi) is 4.45. The molecule has 0 saturated heterocycles. The number of rotatable bonds is 4. The summed E-state index contributed by atoms with van der Waals surface area (Å²) in [5, 5.41) is 9.10. The van der Waals surface area contributed by atoms with Gasteiger partial charge in [-0.3, -0.25) is 9.48 Å². The average Bonchev–Trinajstić information content (AvgIpc) is 2.96. The number of H-pyrrole nitrogens is 1. The molecule has 2 heterocycles. The highest BCUT2D eigenvalue weighted by molar-refractivity contribution is 6.43. The molecule has 0 amide bonds. The normalized spacial score (nSPS) is 10.9. The minimum atomic E-state index is -0.155. The number of nitrogens with one attached hydrogen (secondary N) is 1. The molecule has 23 heavy (non-hydrogen) atoms. The van der Waals surface area contributed by atoms with Gasteiger partial charge in [-0.05, 0) is 13.0 Å². The van der Waals surface area contributed by atoms with Crippen LogP contribution < -0.4 is 5.56 Å². The largest absolute Gasteiger partial charge is 0.310 e. The third-order valence-electron chi connectivity index (χ3n) is 3.26. The van der Waals surface area contributed by atoms with E-state index in [0.717, 1.165) is 5.56 Å². The van der Waals surface area contributed by atoms with Gasteiger partial charge in [-0.15, -0.1) is 5.10 Å².